The first-order valence-corrected chi connectivity index (χ1v) is 7.57. The van der Waals surface area contributed by atoms with Crippen LogP contribution in [0.2, 0.25) is 0 Å². The average Bonchev–Trinajstić information content (AvgIpc) is 2.82. The molecule has 0 spiro atoms. The first kappa shape index (κ1) is 14.6. The molecule has 2 nitrogen and oxygen atoms in total. The monoisotopic (exact) mass is 300 g/mol. The maximum absolute atomic E-state index is 5.41. The van der Waals surface area contributed by atoms with E-state index in [1.54, 1.807) is 23.8 Å². The topological polar surface area (TPSA) is 17.3 Å². The number of rotatable bonds is 5. The van der Waals surface area contributed by atoms with E-state index < -0.39 is 0 Å². The number of benzene rings is 1. The second kappa shape index (κ2) is 7.12. The fraction of sp³-hybridized carbons (Fsp3) is 0.125. The molecule has 0 atom stereocenters. The molecule has 2 rings (SSSR count). The Kier molecular flexibility index (Phi) is 5.21. The quantitative estimate of drug-likeness (QED) is 0.554. The van der Waals surface area contributed by atoms with Crippen molar-refractivity contribution in [3.05, 3.63) is 64.1 Å². The Morgan fingerprint density at radius 3 is 2.85 bits per heavy atom. The van der Waals surface area contributed by atoms with E-state index in [1.165, 1.54) is 0 Å². The van der Waals surface area contributed by atoms with Gasteiger partial charge in [0.1, 0.15) is 0 Å². The van der Waals surface area contributed by atoms with Gasteiger partial charge in [0.05, 0.1) is 12.2 Å². The highest BCUT2D eigenvalue weighted by molar-refractivity contribution is 7.73. The molecule has 0 aliphatic rings. The molecule has 0 bridgehead atoms. The number of hydrogen-bond acceptors (Lipinski definition) is 3. The summed E-state index contributed by atoms with van der Waals surface area (Å²) in [6.07, 6.45) is 5.40. The van der Waals surface area contributed by atoms with Crippen molar-refractivity contribution in [3.8, 4) is 11.3 Å². The highest BCUT2D eigenvalue weighted by atomic mass is 32.1. The van der Waals surface area contributed by atoms with Crippen molar-refractivity contribution in [2.24, 2.45) is 4.99 Å². The number of hydrogen-bond donors (Lipinski definition) is 0. The van der Waals surface area contributed by atoms with E-state index in [-0.39, 0.29) is 0 Å². The van der Waals surface area contributed by atoms with Crippen LogP contribution >= 0.6 is 23.6 Å². The van der Waals surface area contributed by atoms with Gasteiger partial charge in [0, 0.05) is 17.8 Å². The number of aliphatic imine (C=N–C) groups is 1. The SMILES string of the molecule is C=C(C=N/C=C\C)Cn1c(-c2ccccc2)csc1=S. The molecule has 2 aromatic rings. The molecule has 4 heteroatoms. The van der Waals surface area contributed by atoms with E-state index in [9.17, 15) is 0 Å². The number of thiazole rings is 1. The number of allylic oxidation sites excluding steroid dienone is 2. The summed E-state index contributed by atoms with van der Waals surface area (Å²) < 4.78 is 2.95. The van der Waals surface area contributed by atoms with Crippen LogP contribution in [-0.2, 0) is 6.54 Å². The largest absolute Gasteiger partial charge is 0.318 e. The Morgan fingerprint density at radius 1 is 1.40 bits per heavy atom. The Morgan fingerprint density at radius 2 is 2.15 bits per heavy atom. The second-order valence-corrected chi connectivity index (χ2v) is 5.76. The maximum Gasteiger partial charge on any atom is 0.161 e. The summed E-state index contributed by atoms with van der Waals surface area (Å²) in [7, 11) is 0. The molecule has 0 aliphatic heterocycles. The second-order valence-electron chi connectivity index (χ2n) is 4.26. The predicted octanol–water partition coefficient (Wildman–Crippen LogP) is 5.11. The summed E-state index contributed by atoms with van der Waals surface area (Å²) in [5, 5.41) is 2.09. The smallest absolute Gasteiger partial charge is 0.161 e. The molecule has 0 fully saturated rings. The molecule has 0 aliphatic carbocycles. The van der Waals surface area contributed by atoms with Crippen molar-refractivity contribution in [3.63, 3.8) is 0 Å². The molecule has 102 valence electrons. The lowest BCUT2D eigenvalue weighted by atomic mass is 10.1. The molecule has 0 N–H and O–H groups in total. The lowest BCUT2D eigenvalue weighted by Gasteiger charge is -2.08. The van der Waals surface area contributed by atoms with Gasteiger partial charge >= 0.3 is 0 Å². The van der Waals surface area contributed by atoms with Crippen LogP contribution < -0.4 is 0 Å². The summed E-state index contributed by atoms with van der Waals surface area (Å²) in [6.45, 7) is 6.63. The molecule has 0 saturated carbocycles. The Hall–Kier alpha value is -1.78. The molecule has 20 heavy (non-hydrogen) atoms. The van der Waals surface area contributed by atoms with Crippen LogP contribution in [0.5, 0.6) is 0 Å². The lowest BCUT2D eigenvalue weighted by molar-refractivity contribution is 0.819. The van der Waals surface area contributed by atoms with E-state index in [0.29, 0.717) is 6.54 Å². The van der Waals surface area contributed by atoms with Gasteiger partial charge in [0.2, 0.25) is 0 Å². The normalized spacial score (nSPS) is 11.4. The van der Waals surface area contributed by atoms with Gasteiger partial charge in [-0.1, -0.05) is 43.0 Å². The van der Waals surface area contributed by atoms with Crippen molar-refractivity contribution in [1.82, 2.24) is 4.57 Å². The number of nitrogens with zero attached hydrogens (tertiary/aromatic N) is 2. The van der Waals surface area contributed by atoms with Crippen molar-refractivity contribution in [2.45, 2.75) is 13.5 Å². The van der Waals surface area contributed by atoms with E-state index in [1.807, 2.05) is 31.2 Å². The van der Waals surface area contributed by atoms with Crippen molar-refractivity contribution < 1.29 is 0 Å². The van der Waals surface area contributed by atoms with Gasteiger partial charge in [-0.2, -0.15) is 0 Å². The summed E-state index contributed by atoms with van der Waals surface area (Å²) in [4.78, 5) is 4.15. The standard InChI is InChI=1S/C16H16N2S2/c1-3-9-17-10-13(2)11-18-15(12-20-16(18)19)14-7-5-4-6-8-14/h3-10,12H,2,11H2,1H3/b9-3-,17-10?. The van der Waals surface area contributed by atoms with Crippen LogP contribution in [0, 0.1) is 3.95 Å². The molecule has 0 saturated heterocycles. The van der Waals surface area contributed by atoms with Crippen LogP contribution in [0.25, 0.3) is 11.3 Å². The molecule has 1 aromatic heterocycles. The molecule has 1 heterocycles. The van der Waals surface area contributed by atoms with Crippen LogP contribution in [0.4, 0.5) is 0 Å². The highest BCUT2D eigenvalue weighted by Crippen LogP contribution is 2.24. The minimum atomic E-state index is 0.660. The fourth-order valence-electron chi connectivity index (χ4n) is 1.79. The first-order valence-electron chi connectivity index (χ1n) is 6.28. The fourth-order valence-corrected chi connectivity index (χ4v) is 2.87. The van der Waals surface area contributed by atoms with E-state index in [2.05, 4.69) is 33.7 Å². The van der Waals surface area contributed by atoms with Gasteiger partial charge in [0.25, 0.3) is 0 Å². The van der Waals surface area contributed by atoms with Gasteiger partial charge in [0.15, 0.2) is 3.95 Å². The third-order valence-electron chi connectivity index (χ3n) is 2.71. The highest BCUT2D eigenvalue weighted by Gasteiger charge is 2.07. The minimum absolute atomic E-state index is 0.660. The maximum atomic E-state index is 5.41. The van der Waals surface area contributed by atoms with Crippen LogP contribution in [0.15, 0.2) is 65.1 Å². The van der Waals surface area contributed by atoms with Crippen LogP contribution in [0.1, 0.15) is 6.92 Å². The van der Waals surface area contributed by atoms with Crippen molar-refractivity contribution in [2.75, 3.05) is 0 Å². The Bertz CT molecular complexity index is 691. The number of aromatic nitrogens is 1. The van der Waals surface area contributed by atoms with Gasteiger partial charge in [-0.25, -0.2) is 0 Å². The first-order chi connectivity index (χ1) is 9.72. The van der Waals surface area contributed by atoms with Crippen molar-refractivity contribution >= 4 is 29.8 Å². The summed E-state index contributed by atoms with van der Waals surface area (Å²) in [6, 6.07) is 10.2. The molecule has 1 aromatic carbocycles. The zero-order valence-electron chi connectivity index (χ0n) is 11.3. The molecular weight excluding hydrogens is 284 g/mol. The zero-order valence-corrected chi connectivity index (χ0v) is 13.0. The van der Waals surface area contributed by atoms with E-state index in [4.69, 9.17) is 12.2 Å². The third-order valence-corrected chi connectivity index (χ3v) is 3.98. The van der Waals surface area contributed by atoms with Gasteiger partial charge in [-0.15, -0.1) is 11.3 Å². The predicted molar refractivity (Wildman–Crippen MR) is 91.0 cm³/mol. The Labute approximate surface area is 128 Å². The molecule has 0 radical (unpaired) electrons. The third kappa shape index (κ3) is 3.62. The van der Waals surface area contributed by atoms with Crippen molar-refractivity contribution in [1.29, 1.82) is 0 Å². The molecule has 0 amide bonds. The summed E-state index contributed by atoms with van der Waals surface area (Å²) in [5.41, 5.74) is 3.22. The zero-order chi connectivity index (χ0) is 14.4. The summed E-state index contributed by atoms with van der Waals surface area (Å²) >= 11 is 6.98. The van der Waals surface area contributed by atoms with Gasteiger partial charge < -0.3 is 4.57 Å². The van der Waals surface area contributed by atoms with Crippen LogP contribution in [0.3, 0.4) is 0 Å². The van der Waals surface area contributed by atoms with Gasteiger partial charge in [-0.05, 0) is 30.3 Å². The van der Waals surface area contributed by atoms with Gasteiger partial charge in [-0.3, -0.25) is 4.99 Å². The minimum Gasteiger partial charge on any atom is -0.318 e. The van der Waals surface area contributed by atoms with E-state index >= 15 is 0 Å². The van der Waals surface area contributed by atoms with E-state index in [0.717, 1.165) is 20.8 Å². The summed E-state index contributed by atoms with van der Waals surface area (Å²) in [5.74, 6) is 0. The average molecular weight is 300 g/mol. The molecular formula is C16H16N2S2. The lowest BCUT2D eigenvalue weighted by Crippen LogP contribution is -2.03. The Balaban J connectivity index is 2.27. The molecule has 0 unspecified atom stereocenters. The van der Waals surface area contributed by atoms with Crippen LogP contribution in [-0.4, -0.2) is 10.8 Å².